The molecule has 0 radical (unpaired) electrons. The third-order valence-corrected chi connectivity index (χ3v) is 3.41. The van der Waals surface area contributed by atoms with Crippen LogP contribution < -0.4 is 11.1 Å². The van der Waals surface area contributed by atoms with Gasteiger partial charge in [-0.25, -0.2) is 4.39 Å². The maximum atomic E-state index is 13.4. The minimum Gasteiger partial charge on any atom is -0.399 e. The summed E-state index contributed by atoms with van der Waals surface area (Å²) in [6.45, 7) is 0.763. The van der Waals surface area contributed by atoms with Gasteiger partial charge in [-0.1, -0.05) is 12.1 Å². The molecule has 4 heteroatoms. The first-order valence-corrected chi connectivity index (χ1v) is 6.85. The van der Waals surface area contributed by atoms with Crippen LogP contribution in [0.3, 0.4) is 0 Å². The first-order valence-electron chi connectivity index (χ1n) is 6.85. The van der Waals surface area contributed by atoms with E-state index in [1.165, 1.54) is 17.7 Å². The smallest absolute Gasteiger partial charge is 0.124 e. The Bertz CT molecular complexity index is 754. The van der Waals surface area contributed by atoms with E-state index in [0.29, 0.717) is 0 Å². The molecule has 0 spiro atoms. The van der Waals surface area contributed by atoms with Crippen LogP contribution in [0.1, 0.15) is 5.56 Å². The number of fused-ring (bicyclic) bond motifs is 1. The van der Waals surface area contributed by atoms with Crippen LogP contribution in [-0.4, -0.2) is 11.5 Å². The summed E-state index contributed by atoms with van der Waals surface area (Å²) in [6, 6.07) is 14.3. The van der Waals surface area contributed by atoms with E-state index < -0.39 is 0 Å². The van der Waals surface area contributed by atoms with Crippen molar-refractivity contribution in [1.29, 1.82) is 0 Å². The minimum atomic E-state index is -0.253. The van der Waals surface area contributed by atoms with Crippen molar-refractivity contribution in [2.75, 3.05) is 17.6 Å². The molecule has 3 rings (SSSR count). The Hall–Kier alpha value is -2.62. The fourth-order valence-electron chi connectivity index (χ4n) is 2.30. The number of anilines is 2. The highest BCUT2D eigenvalue weighted by atomic mass is 19.1. The number of benzene rings is 2. The van der Waals surface area contributed by atoms with Crippen LogP contribution in [0.5, 0.6) is 0 Å². The molecule has 0 saturated carbocycles. The summed E-state index contributed by atoms with van der Waals surface area (Å²) in [5, 5.41) is 4.14. The molecule has 0 saturated heterocycles. The molecule has 1 heterocycles. The summed E-state index contributed by atoms with van der Waals surface area (Å²) in [6.07, 6.45) is 2.60. The molecule has 0 unspecified atom stereocenters. The number of pyridine rings is 1. The molecular formula is C17H16FN3. The number of hydrogen-bond donors (Lipinski definition) is 2. The lowest BCUT2D eigenvalue weighted by Crippen LogP contribution is -2.05. The van der Waals surface area contributed by atoms with Crippen molar-refractivity contribution in [3.8, 4) is 0 Å². The molecular weight excluding hydrogens is 265 g/mol. The Morgan fingerprint density at radius 3 is 2.67 bits per heavy atom. The van der Waals surface area contributed by atoms with Crippen LogP contribution >= 0.6 is 0 Å². The maximum absolute atomic E-state index is 13.4. The average Bonchev–Trinajstić information content (AvgIpc) is 2.50. The van der Waals surface area contributed by atoms with Crippen LogP contribution in [0.4, 0.5) is 15.8 Å². The van der Waals surface area contributed by atoms with Crippen LogP contribution in [-0.2, 0) is 6.42 Å². The van der Waals surface area contributed by atoms with E-state index in [0.717, 1.165) is 35.2 Å². The first-order chi connectivity index (χ1) is 10.2. The summed E-state index contributed by atoms with van der Waals surface area (Å²) in [4.78, 5) is 4.24. The maximum Gasteiger partial charge on any atom is 0.124 e. The summed E-state index contributed by atoms with van der Waals surface area (Å²) in [5.41, 5.74) is 9.32. The van der Waals surface area contributed by atoms with Crippen LogP contribution in [0, 0.1) is 5.82 Å². The third-order valence-electron chi connectivity index (χ3n) is 3.41. The normalized spacial score (nSPS) is 10.7. The second-order valence-electron chi connectivity index (χ2n) is 4.94. The van der Waals surface area contributed by atoms with Gasteiger partial charge in [0.25, 0.3) is 0 Å². The topological polar surface area (TPSA) is 50.9 Å². The van der Waals surface area contributed by atoms with Gasteiger partial charge in [0.1, 0.15) is 5.82 Å². The van der Waals surface area contributed by atoms with E-state index in [9.17, 15) is 4.39 Å². The summed E-state index contributed by atoms with van der Waals surface area (Å²) in [5.74, 6) is -0.253. The number of nitrogens with two attached hydrogens (primary N) is 1. The number of nitrogens with zero attached hydrogens (tertiary/aromatic N) is 1. The molecule has 0 atom stereocenters. The van der Waals surface area contributed by atoms with Gasteiger partial charge in [-0.15, -0.1) is 0 Å². The number of rotatable bonds is 4. The summed E-state index contributed by atoms with van der Waals surface area (Å²) >= 11 is 0. The molecule has 0 aliphatic heterocycles. The average molecular weight is 281 g/mol. The molecule has 1 aromatic heterocycles. The number of nitrogens with one attached hydrogen (secondary N) is 1. The number of nitrogen functional groups attached to an aromatic ring is 1. The van der Waals surface area contributed by atoms with Gasteiger partial charge >= 0.3 is 0 Å². The van der Waals surface area contributed by atoms with Crippen LogP contribution in [0.25, 0.3) is 10.9 Å². The van der Waals surface area contributed by atoms with E-state index >= 15 is 0 Å². The molecule has 106 valence electrons. The predicted molar refractivity (Wildman–Crippen MR) is 84.7 cm³/mol. The largest absolute Gasteiger partial charge is 0.399 e. The lowest BCUT2D eigenvalue weighted by atomic mass is 10.1. The van der Waals surface area contributed by atoms with Crippen molar-refractivity contribution in [3.05, 3.63) is 66.1 Å². The van der Waals surface area contributed by atoms with Gasteiger partial charge < -0.3 is 11.1 Å². The van der Waals surface area contributed by atoms with Crippen LogP contribution in [0.15, 0.2) is 54.7 Å². The quantitative estimate of drug-likeness (QED) is 0.718. The molecule has 0 aliphatic rings. The van der Waals surface area contributed by atoms with E-state index in [-0.39, 0.29) is 5.82 Å². The minimum absolute atomic E-state index is 0.253. The van der Waals surface area contributed by atoms with Crippen molar-refractivity contribution < 1.29 is 4.39 Å². The zero-order chi connectivity index (χ0) is 14.7. The molecule has 0 amide bonds. The van der Waals surface area contributed by atoms with Crippen molar-refractivity contribution in [3.63, 3.8) is 0 Å². The molecule has 3 aromatic rings. The Kier molecular flexibility index (Phi) is 3.69. The van der Waals surface area contributed by atoms with Crippen LogP contribution in [0.2, 0.25) is 0 Å². The Morgan fingerprint density at radius 2 is 1.86 bits per heavy atom. The second kappa shape index (κ2) is 5.79. The zero-order valence-corrected chi connectivity index (χ0v) is 11.5. The van der Waals surface area contributed by atoms with Gasteiger partial charge in [0.15, 0.2) is 0 Å². The molecule has 0 bridgehead atoms. The lowest BCUT2D eigenvalue weighted by molar-refractivity contribution is 0.629. The Morgan fingerprint density at radius 1 is 1.05 bits per heavy atom. The number of aromatic nitrogens is 1. The highest BCUT2D eigenvalue weighted by Gasteiger charge is 2.03. The molecule has 3 nitrogen and oxygen atoms in total. The molecule has 21 heavy (non-hydrogen) atoms. The highest BCUT2D eigenvalue weighted by molar-refractivity contribution is 5.90. The Balaban J connectivity index is 1.73. The monoisotopic (exact) mass is 281 g/mol. The lowest BCUT2D eigenvalue weighted by Gasteiger charge is -2.09. The molecule has 0 aliphatic carbocycles. The van der Waals surface area contributed by atoms with E-state index in [4.69, 9.17) is 5.73 Å². The van der Waals surface area contributed by atoms with E-state index in [1.54, 1.807) is 12.3 Å². The van der Waals surface area contributed by atoms with Gasteiger partial charge in [-0.3, -0.25) is 4.98 Å². The fourth-order valence-corrected chi connectivity index (χ4v) is 2.30. The SMILES string of the molecule is Nc1ccc(CCNc2ccnc3ccc(F)cc23)cc1. The standard InChI is InChI=1S/C17H16FN3/c18-13-3-6-16-15(11-13)17(8-10-21-16)20-9-7-12-1-4-14(19)5-2-12/h1-6,8,10-11H,7,9,19H2,(H,20,21). The summed E-state index contributed by atoms with van der Waals surface area (Å²) in [7, 11) is 0. The predicted octanol–water partition coefficient (Wildman–Crippen LogP) is 3.61. The van der Waals surface area contributed by atoms with Gasteiger partial charge in [0, 0.05) is 29.5 Å². The highest BCUT2D eigenvalue weighted by Crippen LogP contribution is 2.22. The van der Waals surface area contributed by atoms with E-state index in [1.807, 2.05) is 30.3 Å². The first kappa shape index (κ1) is 13.4. The van der Waals surface area contributed by atoms with E-state index in [2.05, 4.69) is 10.3 Å². The van der Waals surface area contributed by atoms with Gasteiger partial charge in [-0.05, 0) is 48.4 Å². The third kappa shape index (κ3) is 3.11. The van der Waals surface area contributed by atoms with Crippen molar-refractivity contribution in [2.45, 2.75) is 6.42 Å². The zero-order valence-electron chi connectivity index (χ0n) is 11.5. The Labute approximate surface area is 122 Å². The molecule has 0 fully saturated rings. The molecule has 2 aromatic carbocycles. The van der Waals surface area contributed by atoms with Crippen molar-refractivity contribution in [2.24, 2.45) is 0 Å². The van der Waals surface area contributed by atoms with Gasteiger partial charge in [0.2, 0.25) is 0 Å². The second-order valence-corrected chi connectivity index (χ2v) is 4.94. The van der Waals surface area contributed by atoms with Gasteiger partial charge in [0.05, 0.1) is 5.52 Å². The van der Waals surface area contributed by atoms with Crippen molar-refractivity contribution >= 4 is 22.3 Å². The summed E-state index contributed by atoms with van der Waals surface area (Å²) < 4.78 is 13.4. The fraction of sp³-hybridized carbons (Fsp3) is 0.118. The number of halogens is 1. The van der Waals surface area contributed by atoms with Gasteiger partial charge in [-0.2, -0.15) is 0 Å². The van der Waals surface area contributed by atoms with Crippen molar-refractivity contribution in [1.82, 2.24) is 4.98 Å². The molecule has 3 N–H and O–H groups in total. The number of hydrogen-bond acceptors (Lipinski definition) is 3.